The number of nitrogens with zero attached hydrogens (tertiary/aromatic N) is 2. The van der Waals surface area contributed by atoms with Gasteiger partial charge in [0.25, 0.3) is 0 Å². The Bertz CT molecular complexity index is 776. The van der Waals surface area contributed by atoms with Crippen LogP contribution in [0.5, 0.6) is 0 Å². The monoisotopic (exact) mass is 318 g/mol. The number of hydrogen-bond acceptors (Lipinski definition) is 1. The van der Waals surface area contributed by atoms with Crippen LogP contribution in [0.2, 0.25) is 0 Å². The van der Waals surface area contributed by atoms with Gasteiger partial charge in [0.2, 0.25) is 5.91 Å². The van der Waals surface area contributed by atoms with E-state index >= 15 is 0 Å². The lowest BCUT2D eigenvalue weighted by molar-refractivity contribution is -0.131. The first-order valence-electron chi connectivity index (χ1n) is 8.18. The Labute approximate surface area is 143 Å². The topological polar surface area (TPSA) is 25.2 Å². The lowest BCUT2D eigenvalue weighted by Gasteiger charge is -2.25. The number of benzene rings is 2. The van der Waals surface area contributed by atoms with Gasteiger partial charge in [-0.25, -0.2) is 0 Å². The van der Waals surface area contributed by atoms with Gasteiger partial charge >= 0.3 is 0 Å². The highest BCUT2D eigenvalue weighted by atomic mass is 16.2. The molecule has 3 heteroatoms. The Morgan fingerprint density at radius 3 is 2.21 bits per heavy atom. The van der Waals surface area contributed by atoms with Crippen LogP contribution in [0.3, 0.4) is 0 Å². The molecule has 0 aliphatic heterocycles. The number of aromatic nitrogens is 1. The van der Waals surface area contributed by atoms with Crippen LogP contribution in [-0.2, 0) is 11.2 Å². The fraction of sp³-hybridized carbons (Fsp3) is 0.190. The van der Waals surface area contributed by atoms with Crippen molar-refractivity contribution in [1.29, 1.82) is 0 Å². The van der Waals surface area contributed by atoms with Crippen LogP contribution >= 0.6 is 0 Å². The zero-order chi connectivity index (χ0) is 16.9. The predicted octanol–water partition coefficient (Wildman–Crippen LogP) is 4.24. The maximum Gasteiger partial charge on any atom is 0.227 e. The predicted molar refractivity (Wildman–Crippen MR) is 97.1 cm³/mol. The lowest BCUT2D eigenvalue weighted by Crippen LogP contribution is -2.30. The maximum atomic E-state index is 12.6. The zero-order valence-electron chi connectivity index (χ0n) is 14.1. The molecule has 1 atom stereocenters. The second-order valence-electron chi connectivity index (χ2n) is 6.02. The molecule has 3 rings (SSSR count). The van der Waals surface area contributed by atoms with Gasteiger partial charge in [0.15, 0.2) is 0 Å². The Balaban J connectivity index is 1.66. The summed E-state index contributed by atoms with van der Waals surface area (Å²) in [5.41, 5.74) is 3.28. The number of amides is 1. The fourth-order valence-corrected chi connectivity index (χ4v) is 2.76. The lowest BCUT2D eigenvalue weighted by atomic mass is 10.1. The largest absolute Gasteiger partial charge is 0.339 e. The van der Waals surface area contributed by atoms with Crippen molar-refractivity contribution in [2.45, 2.75) is 19.4 Å². The highest BCUT2D eigenvalue weighted by Crippen LogP contribution is 2.19. The molecular weight excluding hydrogens is 296 g/mol. The van der Waals surface area contributed by atoms with Crippen molar-refractivity contribution >= 4 is 5.91 Å². The van der Waals surface area contributed by atoms with Crippen LogP contribution in [0.15, 0.2) is 79.1 Å². The van der Waals surface area contributed by atoms with Gasteiger partial charge in [-0.2, -0.15) is 0 Å². The minimum Gasteiger partial charge on any atom is -0.339 e. The normalized spacial score (nSPS) is 11.9. The number of carbonyl (C=O) groups is 1. The standard InChI is InChI=1S/C21H22N2O/c1-17(19-8-4-3-5-9-19)22(2)21(24)16-18-10-12-20(13-11-18)23-14-6-7-15-23/h3-15,17H,16H2,1-2H3/t17-/m1/s1. The molecule has 24 heavy (non-hydrogen) atoms. The molecule has 0 N–H and O–H groups in total. The second-order valence-corrected chi connectivity index (χ2v) is 6.02. The van der Waals surface area contributed by atoms with Crippen LogP contribution < -0.4 is 0 Å². The number of rotatable bonds is 5. The van der Waals surface area contributed by atoms with Crippen LogP contribution in [0.4, 0.5) is 0 Å². The highest BCUT2D eigenvalue weighted by Gasteiger charge is 2.17. The number of carbonyl (C=O) groups excluding carboxylic acids is 1. The summed E-state index contributed by atoms with van der Waals surface area (Å²) in [6.45, 7) is 2.06. The van der Waals surface area contributed by atoms with E-state index in [-0.39, 0.29) is 11.9 Å². The zero-order valence-corrected chi connectivity index (χ0v) is 14.1. The van der Waals surface area contributed by atoms with E-state index in [1.165, 1.54) is 0 Å². The van der Waals surface area contributed by atoms with E-state index in [1.807, 2.05) is 78.9 Å². The number of likely N-dealkylation sites (N-methyl/N-ethyl adjacent to an activating group) is 1. The van der Waals surface area contributed by atoms with E-state index in [9.17, 15) is 4.79 Å². The summed E-state index contributed by atoms with van der Waals surface area (Å²) in [6.07, 6.45) is 4.44. The van der Waals surface area contributed by atoms with E-state index in [0.29, 0.717) is 6.42 Å². The van der Waals surface area contributed by atoms with Gasteiger partial charge in [-0.05, 0) is 42.3 Å². The van der Waals surface area contributed by atoms with E-state index in [1.54, 1.807) is 0 Å². The van der Waals surface area contributed by atoms with Crippen LogP contribution in [0.25, 0.3) is 5.69 Å². The van der Waals surface area contributed by atoms with Gasteiger partial charge in [0.05, 0.1) is 12.5 Å². The summed E-state index contributed by atoms with van der Waals surface area (Å²) >= 11 is 0. The molecule has 1 aromatic heterocycles. The summed E-state index contributed by atoms with van der Waals surface area (Å²) in [7, 11) is 1.87. The fourth-order valence-electron chi connectivity index (χ4n) is 2.76. The van der Waals surface area contributed by atoms with E-state index in [4.69, 9.17) is 0 Å². The smallest absolute Gasteiger partial charge is 0.227 e. The van der Waals surface area contributed by atoms with Crippen molar-refractivity contribution in [2.24, 2.45) is 0 Å². The highest BCUT2D eigenvalue weighted by molar-refractivity contribution is 5.79. The molecule has 0 spiro atoms. The molecule has 2 aromatic carbocycles. The number of hydrogen-bond donors (Lipinski definition) is 0. The van der Waals surface area contributed by atoms with Crippen LogP contribution in [0, 0.1) is 0 Å². The van der Waals surface area contributed by atoms with Crippen molar-refractivity contribution < 1.29 is 4.79 Å². The van der Waals surface area contributed by atoms with Crippen molar-refractivity contribution in [1.82, 2.24) is 9.47 Å². The van der Waals surface area contributed by atoms with Crippen molar-refractivity contribution in [3.63, 3.8) is 0 Å². The van der Waals surface area contributed by atoms with Crippen LogP contribution in [-0.4, -0.2) is 22.4 Å². The molecule has 0 saturated heterocycles. The Morgan fingerprint density at radius 2 is 1.58 bits per heavy atom. The molecule has 0 saturated carbocycles. The summed E-state index contributed by atoms with van der Waals surface area (Å²) in [4.78, 5) is 14.4. The molecule has 1 heterocycles. The first kappa shape index (κ1) is 16.1. The molecule has 0 radical (unpaired) electrons. The Kier molecular flexibility index (Phi) is 4.80. The Morgan fingerprint density at radius 1 is 0.958 bits per heavy atom. The average Bonchev–Trinajstić information content (AvgIpc) is 3.16. The summed E-state index contributed by atoms with van der Waals surface area (Å²) in [6, 6.07) is 22.3. The van der Waals surface area contributed by atoms with E-state index in [0.717, 1.165) is 16.8 Å². The molecule has 3 aromatic rings. The SMILES string of the molecule is C[C@H](c1ccccc1)N(C)C(=O)Cc1ccc(-n2cccc2)cc1. The third-order valence-electron chi connectivity index (χ3n) is 4.45. The second kappa shape index (κ2) is 7.18. The molecule has 1 amide bonds. The molecule has 0 bridgehead atoms. The Hall–Kier alpha value is -2.81. The maximum absolute atomic E-state index is 12.6. The quantitative estimate of drug-likeness (QED) is 0.691. The molecule has 122 valence electrons. The van der Waals surface area contributed by atoms with Gasteiger partial charge in [0.1, 0.15) is 0 Å². The summed E-state index contributed by atoms with van der Waals surface area (Å²) in [5, 5.41) is 0. The minimum atomic E-state index is 0.0675. The van der Waals surface area contributed by atoms with Gasteiger partial charge in [-0.1, -0.05) is 42.5 Å². The molecule has 0 unspecified atom stereocenters. The average molecular weight is 318 g/mol. The van der Waals surface area contributed by atoms with E-state index in [2.05, 4.69) is 23.6 Å². The molecule has 0 fully saturated rings. The molecule has 0 aliphatic carbocycles. The minimum absolute atomic E-state index is 0.0675. The van der Waals surface area contributed by atoms with Gasteiger partial charge in [-0.3, -0.25) is 4.79 Å². The first-order chi connectivity index (χ1) is 11.6. The third kappa shape index (κ3) is 3.57. The van der Waals surface area contributed by atoms with Crippen molar-refractivity contribution in [3.05, 3.63) is 90.3 Å². The molecule has 3 nitrogen and oxygen atoms in total. The van der Waals surface area contributed by atoms with Crippen molar-refractivity contribution in [3.8, 4) is 5.69 Å². The van der Waals surface area contributed by atoms with Gasteiger partial charge in [-0.15, -0.1) is 0 Å². The molecule has 0 aliphatic rings. The van der Waals surface area contributed by atoms with Gasteiger partial charge in [0, 0.05) is 25.1 Å². The summed E-state index contributed by atoms with van der Waals surface area (Å²) < 4.78 is 2.05. The van der Waals surface area contributed by atoms with Gasteiger partial charge < -0.3 is 9.47 Å². The molecular formula is C21H22N2O. The van der Waals surface area contributed by atoms with Crippen LogP contribution in [0.1, 0.15) is 24.1 Å². The summed E-state index contributed by atoms with van der Waals surface area (Å²) in [5.74, 6) is 0.125. The van der Waals surface area contributed by atoms with E-state index < -0.39 is 0 Å². The third-order valence-corrected chi connectivity index (χ3v) is 4.45. The first-order valence-corrected chi connectivity index (χ1v) is 8.18. The van der Waals surface area contributed by atoms with Crippen molar-refractivity contribution in [2.75, 3.05) is 7.05 Å².